The van der Waals surface area contributed by atoms with Gasteiger partial charge in [-0.05, 0) is 0 Å². The molecule has 0 aliphatic heterocycles. The molecule has 0 aromatic rings. The van der Waals surface area contributed by atoms with E-state index in [0.29, 0.717) is 0 Å². The van der Waals surface area contributed by atoms with Crippen LogP contribution < -0.4 is 11.1 Å². The molecule has 0 aromatic heterocycles. The molecule has 0 saturated heterocycles. The second-order valence-electron chi connectivity index (χ2n) is 3.83. The molecule has 0 aromatic carbocycles. The van der Waals surface area contributed by atoms with Gasteiger partial charge in [-0.3, -0.25) is 14.4 Å². The number of rotatable bonds is 8. The maximum atomic E-state index is 11.3. The Morgan fingerprint density at radius 2 is 1.63 bits per heavy atom. The Kier molecular flexibility index (Phi) is 5.89. The quantitative estimate of drug-likeness (QED) is 0.272. The van der Waals surface area contributed by atoms with E-state index in [0.717, 1.165) is 0 Å². The van der Waals surface area contributed by atoms with Gasteiger partial charge < -0.3 is 31.5 Å². The Hall–Kier alpha value is -2.20. The van der Waals surface area contributed by atoms with E-state index in [-0.39, 0.29) is 0 Å². The monoisotopic (exact) mass is 278 g/mol. The van der Waals surface area contributed by atoms with Gasteiger partial charge in [0.1, 0.15) is 6.04 Å². The van der Waals surface area contributed by atoms with Crippen molar-refractivity contribution in [2.75, 3.05) is 6.54 Å². The Morgan fingerprint density at radius 1 is 1.11 bits per heavy atom. The van der Waals surface area contributed by atoms with Crippen LogP contribution in [0.15, 0.2) is 0 Å². The molecule has 0 aliphatic rings. The third kappa shape index (κ3) is 5.79. The van der Waals surface area contributed by atoms with Gasteiger partial charge in [0.2, 0.25) is 5.91 Å². The summed E-state index contributed by atoms with van der Waals surface area (Å²) in [6.07, 6.45) is -2.19. The van der Waals surface area contributed by atoms with Crippen LogP contribution in [0.25, 0.3) is 0 Å². The van der Waals surface area contributed by atoms with Crippen molar-refractivity contribution < 1.29 is 39.6 Å². The Labute approximate surface area is 106 Å². The molecule has 0 aliphatic carbocycles. The number of hydrogen-bond donors (Lipinski definition) is 6. The number of carbonyl (C=O) groups is 4. The molecule has 0 bridgehead atoms. The molecule has 0 saturated carbocycles. The minimum atomic E-state index is -2.76. The van der Waals surface area contributed by atoms with Gasteiger partial charge in [-0.25, -0.2) is 4.79 Å². The lowest BCUT2D eigenvalue weighted by atomic mass is 9.95. The van der Waals surface area contributed by atoms with Gasteiger partial charge in [-0.2, -0.15) is 0 Å². The summed E-state index contributed by atoms with van der Waals surface area (Å²) < 4.78 is 0. The van der Waals surface area contributed by atoms with Crippen molar-refractivity contribution in [2.45, 2.75) is 24.5 Å². The lowest BCUT2D eigenvalue weighted by Crippen LogP contribution is -2.48. The molecule has 10 nitrogen and oxygen atoms in total. The first-order chi connectivity index (χ1) is 8.58. The summed E-state index contributed by atoms with van der Waals surface area (Å²) in [5.41, 5.74) is 2.32. The molecule has 19 heavy (non-hydrogen) atoms. The highest BCUT2D eigenvalue weighted by molar-refractivity contribution is 5.90. The van der Waals surface area contributed by atoms with E-state index in [1.165, 1.54) is 0 Å². The average molecular weight is 278 g/mol. The van der Waals surface area contributed by atoms with E-state index in [1.807, 2.05) is 5.32 Å². The highest BCUT2D eigenvalue weighted by atomic mass is 16.4. The van der Waals surface area contributed by atoms with Gasteiger partial charge >= 0.3 is 17.9 Å². The molecule has 10 heteroatoms. The van der Waals surface area contributed by atoms with Crippen LogP contribution in [0.5, 0.6) is 0 Å². The van der Waals surface area contributed by atoms with Crippen LogP contribution in [0, 0.1) is 0 Å². The minimum absolute atomic E-state index is 0.475. The second kappa shape index (κ2) is 6.66. The summed E-state index contributed by atoms with van der Waals surface area (Å²) in [5, 5.41) is 37.1. The van der Waals surface area contributed by atoms with Gasteiger partial charge in [-0.1, -0.05) is 0 Å². The first-order valence-electron chi connectivity index (χ1n) is 5.01. The molecule has 0 radical (unpaired) electrons. The smallest absolute Gasteiger partial charge is 0.336 e. The van der Waals surface area contributed by atoms with Crippen LogP contribution in [0.3, 0.4) is 0 Å². The van der Waals surface area contributed by atoms with Gasteiger partial charge in [0.25, 0.3) is 0 Å². The van der Waals surface area contributed by atoms with Crippen LogP contribution >= 0.6 is 0 Å². The van der Waals surface area contributed by atoms with Crippen LogP contribution in [-0.4, -0.2) is 62.4 Å². The highest BCUT2D eigenvalue weighted by Crippen LogP contribution is 2.15. The summed E-state index contributed by atoms with van der Waals surface area (Å²) in [6.45, 7) is -0.475. The van der Waals surface area contributed by atoms with Gasteiger partial charge in [0.15, 0.2) is 5.60 Å². The summed E-state index contributed by atoms with van der Waals surface area (Å²) in [7, 11) is 0. The van der Waals surface area contributed by atoms with Crippen molar-refractivity contribution in [2.24, 2.45) is 5.73 Å². The van der Waals surface area contributed by atoms with Crippen LogP contribution in [0.2, 0.25) is 0 Å². The lowest BCUT2D eigenvalue weighted by Gasteiger charge is -2.20. The fraction of sp³-hybridized carbons (Fsp3) is 0.556. The van der Waals surface area contributed by atoms with Gasteiger partial charge in [-0.15, -0.1) is 0 Å². The van der Waals surface area contributed by atoms with Crippen molar-refractivity contribution in [1.82, 2.24) is 5.32 Å². The number of nitrogens with one attached hydrogen (secondary N) is 1. The van der Waals surface area contributed by atoms with E-state index < -0.39 is 54.8 Å². The Balaban J connectivity index is 4.53. The highest BCUT2D eigenvalue weighted by Gasteiger charge is 2.40. The molecule has 108 valence electrons. The molecule has 1 unspecified atom stereocenters. The topological polar surface area (TPSA) is 187 Å². The third-order valence-electron chi connectivity index (χ3n) is 2.13. The number of aliphatic hydroxyl groups is 1. The number of carbonyl (C=O) groups excluding carboxylic acids is 1. The van der Waals surface area contributed by atoms with E-state index >= 15 is 0 Å². The van der Waals surface area contributed by atoms with Gasteiger partial charge in [0.05, 0.1) is 12.8 Å². The second-order valence-corrected chi connectivity index (χ2v) is 3.83. The zero-order chi connectivity index (χ0) is 15.2. The zero-order valence-electron chi connectivity index (χ0n) is 9.70. The number of aliphatic carboxylic acids is 3. The van der Waals surface area contributed by atoms with Crippen LogP contribution in [0.4, 0.5) is 0 Å². The van der Waals surface area contributed by atoms with Crippen molar-refractivity contribution >= 4 is 23.8 Å². The standard InChI is InChI=1S/C9H14N2O8/c10-4(7(15)16)3-11-5(12)1-9(19,8(17)18)2-6(13)14/h4,19H,1-3,10H2,(H,11,12)(H,13,14)(H,15,16)(H,17,18)/t4-,9?/m0/s1. The summed E-state index contributed by atoms with van der Waals surface area (Å²) in [4.78, 5) is 42.8. The summed E-state index contributed by atoms with van der Waals surface area (Å²) in [6, 6.07) is -1.39. The lowest BCUT2D eigenvalue weighted by molar-refractivity contribution is -0.167. The molecule has 0 fully saturated rings. The number of nitrogens with two attached hydrogens (primary N) is 1. The van der Waals surface area contributed by atoms with Crippen molar-refractivity contribution in [3.63, 3.8) is 0 Å². The first kappa shape index (κ1) is 16.8. The average Bonchev–Trinajstić information content (AvgIpc) is 2.24. The molecular formula is C9H14N2O8. The van der Waals surface area contributed by atoms with Crippen molar-refractivity contribution in [3.8, 4) is 0 Å². The molecule has 0 heterocycles. The fourth-order valence-electron chi connectivity index (χ4n) is 1.10. The fourth-order valence-corrected chi connectivity index (χ4v) is 1.10. The van der Waals surface area contributed by atoms with Crippen molar-refractivity contribution in [3.05, 3.63) is 0 Å². The molecule has 1 amide bonds. The first-order valence-corrected chi connectivity index (χ1v) is 5.01. The molecule has 2 atom stereocenters. The van der Waals surface area contributed by atoms with Crippen molar-refractivity contribution in [1.29, 1.82) is 0 Å². The SMILES string of the molecule is N[C@@H](CNC(=O)CC(O)(CC(=O)O)C(=O)O)C(=O)O. The van der Waals surface area contributed by atoms with E-state index in [9.17, 15) is 24.3 Å². The predicted octanol–water partition coefficient (Wildman–Crippen LogP) is -2.80. The number of amides is 1. The van der Waals surface area contributed by atoms with Gasteiger partial charge in [0, 0.05) is 6.54 Å². The van der Waals surface area contributed by atoms with Crippen LogP contribution in [0.1, 0.15) is 12.8 Å². The largest absolute Gasteiger partial charge is 0.481 e. The Morgan fingerprint density at radius 3 is 2.00 bits per heavy atom. The number of carboxylic acids is 3. The molecule has 0 rings (SSSR count). The minimum Gasteiger partial charge on any atom is -0.481 e. The van der Waals surface area contributed by atoms with E-state index in [2.05, 4.69) is 0 Å². The van der Waals surface area contributed by atoms with E-state index in [1.54, 1.807) is 0 Å². The zero-order valence-corrected chi connectivity index (χ0v) is 9.70. The summed E-state index contributed by atoms with van der Waals surface area (Å²) >= 11 is 0. The maximum Gasteiger partial charge on any atom is 0.336 e. The maximum absolute atomic E-state index is 11.3. The van der Waals surface area contributed by atoms with Crippen LogP contribution in [-0.2, 0) is 19.2 Å². The predicted molar refractivity (Wildman–Crippen MR) is 58.1 cm³/mol. The number of hydrogen-bond acceptors (Lipinski definition) is 6. The third-order valence-corrected chi connectivity index (χ3v) is 2.13. The summed E-state index contributed by atoms with van der Waals surface area (Å²) in [5.74, 6) is -5.87. The van der Waals surface area contributed by atoms with E-state index in [4.69, 9.17) is 21.1 Å². The molecule has 0 spiro atoms. The molecular weight excluding hydrogens is 264 g/mol. The number of carboxylic acid groups (broad SMARTS) is 3. The Bertz CT molecular complexity index is 396. The normalized spacial score (nSPS) is 15.1. The molecule has 7 N–H and O–H groups in total.